The number of rotatable bonds is 2. The molecule has 0 aliphatic heterocycles. The monoisotopic (exact) mass is 324 g/mol. The normalized spacial score (nSPS) is 11.2. The van der Waals surface area contributed by atoms with Crippen LogP contribution in [0.3, 0.4) is 0 Å². The Balaban J connectivity index is 1.92. The first-order valence-electron chi connectivity index (χ1n) is 7.13. The number of halogens is 1. The number of aryl methyl sites for hydroxylation is 1. The van der Waals surface area contributed by atoms with E-state index in [4.69, 9.17) is 11.6 Å². The van der Waals surface area contributed by atoms with Crippen LogP contribution >= 0.6 is 11.6 Å². The van der Waals surface area contributed by atoms with Crippen LogP contribution in [-0.2, 0) is 7.05 Å². The molecule has 0 unspecified atom stereocenters. The minimum atomic E-state index is -0.0714. The van der Waals surface area contributed by atoms with Crippen molar-refractivity contribution in [2.75, 3.05) is 5.43 Å². The number of hydrogen-bond donors (Lipinski definition) is 1. The van der Waals surface area contributed by atoms with Crippen molar-refractivity contribution in [2.24, 2.45) is 7.05 Å². The molecule has 0 bridgehead atoms. The van der Waals surface area contributed by atoms with Gasteiger partial charge >= 0.3 is 0 Å². The highest BCUT2D eigenvalue weighted by molar-refractivity contribution is 6.30. The van der Waals surface area contributed by atoms with Crippen LogP contribution in [-0.4, -0.2) is 14.5 Å². The maximum atomic E-state index is 12.5. The summed E-state index contributed by atoms with van der Waals surface area (Å²) in [6.07, 6.45) is 1.70. The maximum absolute atomic E-state index is 12.5. The van der Waals surface area contributed by atoms with Crippen molar-refractivity contribution >= 4 is 39.1 Å². The molecule has 0 fully saturated rings. The third kappa shape index (κ3) is 2.26. The Kier molecular flexibility index (Phi) is 3.09. The fraction of sp³-hybridized carbons (Fsp3) is 0.0588. The van der Waals surface area contributed by atoms with E-state index >= 15 is 0 Å². The Bertz CT molecular complexity index is 1100. The molecule has 0 atom stereocenters. The van der Waals surface area contributed by atoms with Gasteiger partial charge < -0.3 is 4.57 Å². The van der Waals surface area contributed by atoms with Crippen molar-refractivity contribution in [1.29, 1.82) is 0 Å². The summed E-state index contributed by atoms with van der Waals surface area (Å²) in [7, 11) is 1.77. The van der Waals surface area contributed by atoms with Gasteiger partial charge in [-0.05, 0) is 24.3 Å². The molecule has 0 amide bonds. The summed E-state index contributed by atoms with van der Waals surface area (Å²) in [6, 6.07) is 15.1. The van der Waals surface area contributed by atoms with Crippen LogP contribution in [0.5, 0.6) is 0 Å². The fourth-order valence-electron chi connectivity index (χ4n) is 2.73. The summed E-state index contributed by atoms with van der Waals surface area (Å²) in [4.78, 5) is 14.1. The summed E-state index contributed by atoms with van der Waals surface area (Å²) < 4.78 is 1.64. The van der Waals surface area contributed by atoms with Gasteiger partial charge in [0.25, 0.3) is 5.56 Å². The second kappa shape index (κ2) is 5.14. The first-order chi connectivity index (χ1) is 11.1. The molecular weight excluding hydrogens is 312 g/mol. The Labute approximate surface area is 136 Å². The zero-order valence-electron chi connectivity index (χ0n) is 12.3. The summed E-state index contributed by atoms with van der Waals surface area (Å²) in [5.74, 6) is 0. The smallest absolute Gasteiger partial charge is 0.261 e. The van der Waals surface area contributed by atoms with Gasteiger partial charge in [-0.15, -0.1) is 0 Å². The zero-order valence-corrected chi connectivity index (χ0v) is 13.1. The number of anilines is 1. The molecular formula is C17H13ClN4O. The van der Waals surface area contributed by atoms with Gasteiger partial charge in [0.05, 0.1) is 22.8 Å². The quantitative estimate of drug-likeness (QED) is 0.614. The van der Waals surface area contributed by atoms with Crippen molar-refractivity contribution in [1.82, 2.24) is 14.5 Å². The van der Waals surface area contributed by atoms with E-state index in [1.54, 1.807) is 34.7 Å². The molecule has 0 spiro atoms. The molecule has 6 heteroatoms. The number of hydrogen-bond acceptors (Lipinski definition) is 3. The molecule has 0 saturated heterocycles. The summed E-state index contributed by atoms with van der Waals surface area (Å²) in [5, 5.41) is 6.66. The van der Waals surface area contributed by atoms with Gasteiger partial charge in [0.15, 0.2) is 0 Å². The largest absolute Gasteiger partial charge is 0.311 e. The number of pyridine rings is 1. The molecule has 1 N–H and O–H groups in total. The van der Waals surface area contributed by atoms with Gasteiger partial charge in [-0.25, -0.2) is 0 Å². The fourth-order valence-corrected chi connectivity index (χ4v) is 2.92. The van der Waals surface area contributed by atoms with E-state index in [0.29, 0.717) is 15.9 Å². The molecule has 2 aromatic carbocycles. The predicted octanol–water partition coefficient (Wildman–Crippen LogP) is 3.42. The zero-order chi connectivity index (χ0) is 16.0. The lowest BCUT2D eigenvalue weighted by atomic mass is 10.1. The average Bonchev–Trinajstić information content (AvgIpc) is 2.97. The molecule has 0 radical (unpaired) electrons. The van der Waals surface area contributed by atoms with E-state index in [1.807, 2.05) is 36.4 Å². The number of nitrogens with one attached hydrogen (secondary N) is 1. The van der Waals surface area contributed by atoms with E-state index in [1.165, 1.54) is 0 Å². The van der Waals surface area contributed by atoms with Crippen LogP contribution in [0.25, 0.3) is 21.8 Å². The van der Waals surface area contributed by atoms with Crippen LogP contribution in [0.4, 0.5) is 5.69 Å². The minimum Gasteiger partial charge on any atom is -0.311 e. The minimum absolute atomic E-state index is 0.0714. The lowest BCUT2D eigenvalue weighted by Gasteiger charge is -2.05. The second-order valence-electron chi connectivity index (χ2n) is 5.34. The highest BCUT2D eigenvalue weighted by atomic mass is 35.5. The number of para-hydroxylation sites is 1. The molecule has 0 aliphatic rings. The maximum Gasteiger partial charge on any atom is 0.261 e. The first kappa shape index (κ1) is 13.8. The molecule has 5 nitrogen and oxygen atoms in total. The number of fused-ring (bicyclic) bond motifs is 3. The Morgan fingerprint density at radius 1 is 1.09 bits per heavy atom. The highest BCUT2D eigenvalue weighted by Crippen LogP contribution is 2.21. The number of nitrogens with zero attached hydrogens (tertiary/aromatic N) is 3. The molecule has 4 aromatic rings. The Morgan fingerprint density at radius 2 is 1.91 bits per heavy atom. The lowest BCUT2D eigenvalue weighted by Crippen LogP contribution is -2.16. The van der Waals surface area contributed by atoms with Gasteiger partial charge in [-0.3, -0.25) is 10.2 Å². The van der Waals surface area contributed by atoms with Gasteiger partial charge in [-0.1, -0.05) is 35.9 Å². The van der Waals surface area contributed by atoms with Gasteiger partial charge in [0.1, 0.15) is 5.52 Å². The van der Waals surface area contributed by atoms with Crippen molar-refractivity contribution < 1.29 is 0 Å². The number of aromatic nitrogens is 3. The predicted molar refractivity (Wildman–Crippen MR) is 93.0 cm³/mol. The summed E-state index contributed by atoms with van der Waals surface area (Å²) in [5.41, 5.74) is 5.38. The van der Waals surface area contributed by atoms with Crippen LogP contribution in [0.15, 0.2) is 59.5 Å². The summed E-state index contributed by atoms with van der Waals surface area (Å²) >= 11 is 5.99. The Hall–Kier alpha value is -2.79. The standard InChI is InChI=1S/C17H13ClN4O/c1-21-15-8-3-2-7-13(15)16-14(17(21)23)10-22(20-16)19-12-6-4-5-11(18)9-12/h2-10,19H,1H3. The number of benzene rings is 2. The average molecular weight is 325 g/mol. The van der Waals surface area contributed by atoms with Crippen molar-refractivity contribution in [3.8, 4) is 0 Å². The first-order valence-corrected chi connectivity index (χ1v) is 7.51. The van der Waals surface area contributed by atoms with E-state index in [0.717, 1.165) is 16.6 Å². The molecule has 114 valence electrons. The van der Waals surface area contributed by atoms with E-state index < -0.39 is 0 Å². The molecule has 2 aromatic heterocycles. The van der Waals surface area contributed by atoms with Crippen LogP contribution in [0, 0.1) is 0 Å². The van der Waals surface area contributed by atoms with E-state index in [-0.39, 0.29) is 5.56 Å². The molecule has 0 saturated carbocycles. The molecule has 2 heterocycles. The van der Waals surface area contributed by atoms with Gasteiger partial charge in [0.2, 0.25) is 0 Å². The molecule has 23 heavy (non-hydrogen) atoms. The van der Waals surface area contributed by atoms with Gasteiger partial charge in [0, 0.05) is 17.5 Å². The van der Waals surface area contributed by atoms with Crippen LogP contribution < -0.4 is 11.0 Å². The van der Waals surface area contributed by atoms with Crippen LogP contribution in [0.2, 0.25) is 5.02 Å². The van der Waals surface area contributed by atoms with Crippen molar-refractivity contribution in [3.05, 3.63) is 70.1 Å². The SMILES string of the molecule is Cn1c(=O)c2cn(Nc3cccc(Cl)c3)nc2c2ccccc21. The van der Waals surface area contributed by atoms with E-state index in [2.05, 4.69) is 10.5 Å². The van der Waals surface area contributed by atoms with Crippen LogP contribution in [0.1, 0.15) is 0 Å². The van der Waals surface area contributed by atoms with Crippen molar-refractivity contribution in [3.63, 3.8) is 0 Å². The van der Waals surface area contributed by atoms with Gasteiger partial charge in [-0.2, -0.15) is 9.89 Å². The topological polar surface area (TPSA) is 51.9 Å². The van der Waals surface area contributed by atoms with Crippen molar-refractivity contribution in [2.45, 2.75) is 0 Å². The second-order valence-corrected chi connectivity index (χ2v) is 5.78. The molecule has 4 rings (SSSR count). The van der Waals surface area contributed by atoms with E-state index in [9.17, 15) is 4.79 Å². The lowest BCUT2D eigenvalue weighted by molar-refractivity contribution is 0.817. The Morgan fingerprint density at radius 3 is 2.74 bits per heavy atom. The molecule has 0 aliphatic carbocycles. The highest BCUT2D eigenvalue weighted by Gasteiger charge is 2.12. The third-order valence-electron chi connectivity index (χ3n) is 3.84. The summed E-state index contributed by atoms with van der Waals surface area (Å²) in [6.45, 7) is 0. The third-order valence-corrected chi connectivity index (χ3v) is 4.07.